The van der Waals surface area contributed by atoms with Crippen LogP contribution in [0.15, 0.2) is 0 Å². The van der Waals surface area contributed by atoms with Crippen molar-refractivity contribution in [3.8, 4) is 0 Å². The van der Waals surface area contributed by atoms with Gasteiger partial charge < -0.3 is 4.90 Å². The number of hydrogen-bond donors (Lipinski definition) is 0. The highest BCUT2D eigenvalue weighted by molar-refractivity contribution is 7.88. The van der Waals surface area contributed by atoms with Crippen molar-refractivity contribution in [1.29, 1.82) is 0 Å². The Kier molecular flexibility index (Phi) is 5.80. The van der Waals surface area contributed by atoms with E-state index in [0.29, 0.717) is 0 Å². The number of carbonyl (C=O) groups excluding carboxylic acids is 1. The summed E-state index contributed by atoms with van der Waals surface area (Å²) in [6.07, 6.45) is 5.30. The highest BCUT2D eigenvalue weighted by Gasteiger charge is 2.30. The SMILES string of the molecule is CCC1CCCCN1C(=O)CN(C(C)C)S(C)(=O)=O. The van der Waals surface area contributed by atoms with Crippen LogP contribution in [0.2, 0.25) is 0 Å². The molecule has 0 saturated carbocycles. The van der Waals surface area contributed by atoms with Crippen LogP contribution in [0, 0.1) is 0 Å². The van der Waals surface area contributed by atoms with Gasteiger partial charge in [-0.25, -0.2) is 8.42 Å². The van der Waals surface area contributed by atoms with Crippen molar-refractivity contribution in [3.63, 3.8) is 0 Å². The van der Waals surface area contributed by atoms with Gasteiger partial charge in [0, 0.05) is 18.6 Å². The van der Waals surface area contributed by atoms with Crippen LogP contribution in [0.1, 0.15) is 46.5 Å². The van der Waals surface area contributed by atoms with E-state index in [1.54, 1.807) is 13.8 Å². The second-order valence-electron chi connectivity index (χ2n) is 5.55. The molecule has 0 radical (unpaired) electrons. The average Bonchev–Trinajstić information content (AvgIpc) is 2.33. The molecule has 1 unspecified atom stereocenters. The van der Waals surface area contributed by atoms with Gasteiger partial charge in [0.05, 0.1) is 12.8 Å². The smallest absolute Gasteiger partial charge is 0.238 e. The molecule has 1 saturated heterocycles. The lowest BCUT2D eigenvalue weighted by atomic mass is 10.00. The molecule has 19 heavy (non-hydrogen) atoms. The number of sulfonamides is 1. The van der Waals surface area contributed by atoms with E-state index in [1.165, 1.54) is 4.31 Å². The third-order valence-electron chi connectivity index (χ3n) is 3.71. The van der Waals surface area contributed by atoms with Crippen LogP contribution in [-0.2, 0) is 14.8 Å². The molecule has 0 aliphatic carbocycles. The van der Waals surface area contributed by atoms with Crippen molar-refractivity contribution in [2.45, 2.75) is 58.5 Å². The van der Waals surface area contributed by atoms with Crippen LogP contribution in [0.4, 0.5) is 0 Å². The van der Waals surface area contributed by atoms with Gasteiger partial charge in [0.2, 0.25) is 15.9 Å². The number of rotatable bonds is 5. The zero-order chi connectivity index (χ0) is 14.6. The minimum absolute atomic E-state index is 0.0347. The first kappa shape index (κ1) is 16.4. The molecule has 0 aromatic heterocycles. The molecule has 1 atom stereocenters. The third-order valence-corrected chi connectivity index (χ3v) is 5.11. The van der Waals surface area contributed by atoms with Crippen molar-refractivity contribution in [1.82, 2.24) is 9.21 Å². The molecule has 5 nitrogen and oxygen atoms in total. The summed E-state index contributed by atoms with van der Waals surface area (Å²) in [5, 5.41) is 0. The highest BCUT2D eigenvalue weighted by Crippen LogP contribution is 2.20. The van der Waals surface area contributed by atoms with Gasteiger partial charge in [-0.3, -0.25) is 4.79 Å². The van der Waals surface area contributed by atoms with E-state index in [2.05, 4.69) is 6.92 Å². The lowest BCUT2D eigenvalue weighted by Crippen LogP contribution is -2.50. The molecule has 1 fully saturated rings. The quantitative estimate of drug-likeness (QED) is 0.770. The summed E-state index contributed by atoms with van der Waals surface area (Å²) in [6, 6.07) is 0.0821. The average molecular weight is 290 g/mol. The predicted molar refractivity (Wildman–Crippen MR) is 76.3 cm³/mol. The maximum absolute atomic E-state index is 12.3. The van der Waals surface area contributed by atoms with E-state index in [4.69, 9.17) is 0 Å². The molecule has 6 heteroatoms. The van der Waals surface area contributed by atoms with E-state index in [0.717, 1.165) is 38.5 Å². The molecule has 0 N–H and O–H groups in total. The molecule has 112 valence electrons. The van der Waals surface area contributed by atoms with Crippen molar-refractivity contribution in [2.24, 2.45) is 0 Å². The summed E-state index contributed by atoms with van der Waals surface area (Å²) in [4.78, 5) is 14.2. The maximum Gasteiger partial charge on any atom is 0.238 e. The van der Waals surface area contributed by atoms with Crippen molar-refractivity contribution < 1.29 is 13.2 Å². The normalized spacial score (nSPS) is 21.2. The van der Waals surface area contributed by atoms with Gasteiger partial charge in [-0.1, -0.05) is 6.92 Å². The molecule has 0 aromatic carbocycles. The first-order valence-corrected chi connectivity index (χ1v) is 8.88. The van der Waals surface area contributed by atoms with Gasteiger partial charge in [-0.05, 0) is 39.5 Å². The minimum Gasteiger partial charge on any atom is -0.339 e. The summed E-state index contributed by atoms with van der Waals surface area (Å²) in [5.41, 5.74) is 0. The summed E-state index contributed by atoms with van der Waals surface area (Å²) in [5.74, 6) is -0.0642. The first-order chi connectivity index (χ1) is 8.77. The second-order valence-corrected chi connectivity index (χ2v) is 7.48. The Labute approximate surface area is 117 Å². The van der Waals surface area contributed by atoms with E-state index < -0.39 is 10.0 Å². The van der Waals surface area contributed by atoms with Gasteiger partial charge in [0.1, 0.15) is 0 Å². The highest BCUT2D eigenvalue weighted by atomic mass is 32.2. The monoisotopic (exact) mass is 290 g/mol. The van der Waals surface area contributed by atoms with E-state index in [9.17, 15) is 13.2 Å². The Hall–Kier alpha value is -0.620. The fourth-order valence-corrected chi connectivity index (χ4v) is 3.77. The standard InChI is InChI=1S/C13H26N2O3S/c1-5-12-8-6-7-9-14(12)13(16)10-15(11(2)3)19(4,17)18/h11-12H,5-10H2,1-4H3. The van der Waals surface area contributed by atoms with Gasteiger partial charge in [0.15, 0.2) is 0 Å². The Morgan fingerprint density at radius 3 is 2.47 bits per heavy atom. The van der Waals surface area contributed by atoms with Crippen molar-refractivity contribution >= 4 is 15.9 Å². The summed E-state index contributed by atoms with van der Waals surface area (Å²) < 4.78 is 24.7. The van der Waals surface area contributed by atoms with Gasteiger partial charge in [-0.2, -0.15) is 4.31 Å². The molecule has 1 aliphatic rings. The van der Waals surface area contributed by atoms with Gasteiger partial charge >= 0.3 is 0 Å². The molecule has 1 amide bonds. The Bertz CT molecular complexity index is 406. The number of carbonyl (C=O) groups is 1. The number of amides is 1. The number of nitrogens with zero attached hydrogens (tertiary/aromatic N) is 2. The van der Waals surface area contributed by atoms with E-state index in [1.807, 2.05) is 4.90 Å². The Balaban J connectivity index is 2.76. The second kappa shape index (κ2) is 6.70. The lowest BCUT2D eigenvalue weighted by Gasteiger charge is -2.37. The first-order valence-electron chi connectivity index (χ1n) is 7.03. The molecule has 0 spiro atoms. The molecule has 1 aliphatic heterocycles. The largest absolute Gasteiger partial charge is 0.339 e. The van der Waals surface area contributed by atoms with Crippen LogP contribution < -0.4 is 0 Å². The zero-order valence-corrected chi connectivity index (χ0v) is 13.2. The molecular formula is C13H26N2O3S. The number of piperidine rings is 1. The number of likely N-dealkylation sites (tertiary alicyclic amines) is 1. The van der Waals surface area contributed by atoms with Crippen molar-refractivity contribution in [3.05, 3.63) is 0 Å². The van der Waals surface area contributed by atoms with E-state index in [-0.39, 0.29) is 24.5 Å². The number of hydrogen-bond acceptors (Lipinski definition) is 3. The van der Waals surface area contributed by atoms with Crippen molar-refractivity contribution in [2.75, 3.05) is 19.3 Å². The van der Waals surface area contributed by atoms with Crippen LogP contribution in [0.3, 0.4) is 0 Å². The Morgan fingerprint density at radius 2 is 2.00 bits per heavy atom. The van der Waals surface area contributed by atoms with E-state index >= 15 is 0 Å². The summed E-state index contributed by atoms with van der Waals surface area (Å²) in [7, 11) is -3.34. The molecule has 1 rings (SSSR count). The third kappa shape index (κ3) is 4.45. The summed E-state index contributed by atoms with van der Waals surface area (Å²) in [6.45, 7) is 6.39. The topological polar surface area (TPSA) is 57.7 Å². The maximum atomic E-state index is 12.3. The molecule has 0 aromatic rings. The van der Waals surface area contributed by atoms with Crippen LogP contribution in [-0.4, -0.2) is 55.0 Å². The van der Waals surface area contributed by atoms with Gasteiger partial charge in [-0.15, -0.1) is 0 Å². The molecular weight excluding hydrogens is 264 g/mol. The summed E-state index contributed by atoms with van der Waals surface area (Å²) >= 11 is 0. The molecule has 1 heterocycles. The molecule has 0 bridgehead atoms. The lowest BCUT2D eigenvalue weighted by molar-refractivity contribution is -0.135. The fourth-order valence-electron chi connectivity index (χ4n) is 2.66. The minimum atomic E-state index is -3.34. The van der Waals surface area contributed by atoms with Crippen LogP contribution >= 0.6 is 0 Å². The van der Waals surface area contributed by atoms with Crippen LogP contribution in [0.5, 0.6) is 0 Å². The Morgan fingerprint density at radius 1 is 1.37 bits per heavy atom. The predicted octanol–water partition coefficient (Wildman–Crippen LogP) is 1.45. The fraction of sp³-hybridized carbons (Fsp3) is 0.923. The van der Waals surface area contributed by atoms with Gasteiger partial charge in [0.25, 0.3) is 0 Å². The zero-order valence-electron chi connectivity index (χ0n) is 12.4. The van der Waals surface area contributed by atoms with Crippen LogP contribution in [0.25, 0.3) is 0 Å².